The van der Waals surface area contributed by atoms with E-state index in [4.69, 9.17) is 0 Å². The van der Waals surface area contributed by atoms with Gasteiger partial charge in [0.15, 0.2) is 0 Å². The van der Waals surface area contributed by atoms with Gasteiger partial charge in [0.25, 0.3) is 0 Å². The fourth-order valence-corrected chi connectivity index (χ4v) is 9.91. The van der Waals surface area contributed by atoms with Crippen LogP contribution in [-0.2, 0) is 0 Å². The van der Waals surface area contributed by atoms with Crippen LogP contribution >= 0.6 is 7.26 Å². The van der Waals surface area contributed by atoms with E-state index in [0.29, 0.717) is 6.42 Å². The SMILES string of the molecule is CC(/C=C/[C@H]1[C@H](C(C)(C)O)CC[C@@]1(C)O)=C\C[P+](c1ccccc1)(c1ccccc1)c1ccccc1. The highest BCUT2D eigenvalue weighted by atomic mass is 31.2. The Bertz CT molecular complexity index is 1080. The molecule has 188 valence electrons. The molecule has 3 aromatic rings. The maximum atomic E-state index is 11.0. The molecule has 0 unspecified atom stereocenters. The summed E-state index contributed by atoms with van der Waals surface area (Å²) in [5.74, 6) is -0.0288. The van der Waals surface area contributed by atoms with Crippen LogP contribution in [0.3, 0.4) is 0 Å². The zero-order valence-electron chi connectivity index (χ0n) is 22.0. The van der Waals surface area contributed by atoms with E-state index < -0.39 is 18.5 Å². The van der Waals surface area contributed by atoms with E-state index >= 15 is 0 Å². The van der Waals surface area contributed by atoms with Crippen molar-refractivity contribution in [1.82, 2.24) is 0 Å². The van der Waals surface area contributed by atoms with Crippen molar-refractivity contribution in [2.24, 2.45) is 11.8 Å². The minimum absolute atomic E-state index is 0.0427. The van der Waals surface area contributed by atoms with Crippen LogP contribution in [0.25, 0.3) is 0 Å². The molecule has 0 heterocycles. The van der Waals surface area contributed by atoms with Crippen LogP contribution < -0.4 is 15.9 Å². The van der Waals surface area contributed by atoms with Gasteiger partial charge in [-0.25, -0.2) is 0 Å². The predicted molar refractivity (Wildman–Crippen MR) is 156 cm³/mol. The molecule has 1 saturated carbocycles. The molecule has 1 fully saturated rings. The van der Waals surface area contributed by atoms with Crippen LogP contribution in [0.1, 0.15) is 40.5 Å². The Hall–Kier alpha value is -2.51. The second-order valence-corrected chi connectivity index (χ2v) is 14.5. The maximum absolute atomic E-state index is 11.0. The first-order chi connectivity index (χ1) is 17.1. The Morgan fingerprint density at radius 3 is 1.75 bits per heavy atom. The highest BCUT2D eigenvalue weighted by Crippen LogP contribution is 2.55. The second kappa shape index (κ2) is 10.9. The van der Waals surface area contributed by atoms with Gasteiger partial charge in [-0.2, -0.15) is 0 Å². The molecule has 0 aliphatic heterocycles. The summed E-state index contributed by atoms with van der Waals surface area (Å²) in [6, 6.07) is 32.8. The first kappa shape index (κ1) is 26.6. The van der Waals surface area contributed by atoms with E-state index in [1.165, 1.54) is 21.5 Å². The van der Waals surface area contributed by atoms with Gasteiger partial charge in [-0.1, -0.05) is 72.3 Å². The van der Waals surface area contributed by atoms with Gasteiger partial charge in [-0.3, -0.25) is 0 Å². The average Bonchev–Trinajstić information content (AvgIpc) is 3.19. The van der Waals surface area contributed by atoms with Crippen molar-refractivity contribution in [3.05, 3.63) is 115 Å². The lowest BCUT2D eigenvalue weighted by molar-refractivity contribution is -0.0294. The third-order valence-electron chi connectivity index (χ3n) is 7.86. The van der Waals surface area contributed by atoms with Gasteiger partial charge in [-0.05, 0) is 88.9 Å². The molecule has 2 N–H and O–H groups in total. The molecule has 1 aliphatic rings. The number of hydrogen-bond donors (Lipinski definition) is 2. The summed E-state index contributed by atoms with van der Waals surface area (Å²) in [6.07, 6.45) is 9.11. The van der Waals surface area contributed by atoms with Crippen molar-refractivity contribution in [2.75, 3.05) is 6.16 Å². The Labute approximate surface area is 217 Å². The number of benzene rings is 3. The second-order valence-electron chi connectivity index (χ2n) is 11.0. The van der Waals surface area contributed by atoms with Crippen molar-refractivity contribution in [1.29, 1.82) is 0 Å². The maximum Gasteiger partial charge on any atom is 0.115 e. The fraction of sp³-hybridized carbons (Fsp3) is 0.333. The number of rotatable bonds is 8. The first-order valence-electron chi connectivity index (χ1n) is 13.0. The van der Waals surface area contributed by atoms with Crippen molar-refractivity contribution in [3.8, 4) is 0 Å². The van der Waals surface area contributed by atoms with E-state index in [-0.39, 0.29) is 11.8 Å². The van der Waals surface area contributed by atoms with Gasteiger partial charge in [0.05, 0.1) is 17.4 Å². The largest absolute Gasteiger partial charge is 0.390 e. The summed E-state index contributed by atoms with van der Waals surface area (Å²) in [5.41, 5.74) is -0.433. The van der Waals surface area contributed by atoms with E-state index in [1.807, 2.05) is 20.8 Å². The van der Waals surface area contributed by atoms with Crippen molar-refractivity contribution < 1.29 is 10.2 Å². The van der Waals surface area contributed by atoms with Crippen LogP contribution in [0.15, 0.2) is 115 Å². The summed E-state index contributed by atoms with van der Waals surface area (Å²) in [7, 11) is -1.92. The first-order valence-corrected chi connectivity index (χ1v) is 15.0. The molecule has 0 aromatic heterocycles. The molecule has 4 rings (SSSR count). The highest BCUT2D eigenvalue weighted by molar-refractivity contribution is 7.95. The van der Waals surface area contributed by atoms with Gasteiger partial charge in [0.1, 0.15) is 23.2 Å². The minimum atomic E-state index is -1.92. The molecule has 3 atom stereocenters. The van der Waals surface area contributed by atoms with Crippen LogP contribution in [0.2, 0.25) is 0 Å². The molecule has 0 bridgehead atoms. The van der Waals surface area contributed by atoms with E-state index in [2.05, 4.69) is 116 Å². The fourth-order valence-electron chi connectivity index (χ4n) is 5.78. The average molecular weight is 500 g/mol. The molecule has 3 heteroatoms. The Morgan fingerprint density at radius 2 is 1.33 bits per heavy atom. The monoisotopic (exact) mass is 499 g/mol. The zero-order valence-corrected chi connectivity index (χ0v) is 22.9. The molecular formula is C33H40O2P+. The Kier molecular flexibility index (Phi) is 8.00. The quantitative estimate of drug-likeness (QED) is 0.293. The van der Waals surface area contributed by atoms with E-state index in [9.17, 15) is 10.2 Å². The van der Waals surface area contributed by atoms with Gasteiger partial charge in [0, 0.05) is 5.92 Å². The van der Waals surface area contributed by atoms with Crippen molar-refractivity contribution in [3.63, 3.8) is 0 Å². The zero-order chi connectivity index (χ0) is 25.8. The van der Waals surface area contributed by atoms with E-state index in [1.54, 1.807) is 0 Å². The normalized spacial score (nSPS) is 23.3. The van der Waals surface area contributed by atoms with Crippen LogP contribution in [-0.4, -0.2) is 27.6 Å². The number of aliphatic hydroxyl groups is 2. The third-order valence-corrected chi connectivity index (χ3v) is 12.1. The summed E-state index contributed by atoms with van der Waals surface area (Å²) < 4.78 is 0. The third kappa shape index (κ3) is 5.57. The molecule has 2 nitrogen and oxygen atoms in total. The number of hydrogen-bond acceptors (Lipinski definition) is 2. The smallest absolute Gasteiger partial charge is 0.115 e. The molecule has 0 saturated heterocycles. The predicted octanol–water partition coefficient (Wildman–Crippen LogP) is 6.03. The molecule has 0 spiro atoms. The lowest BCUT2D eigenvalue weighted by atomic mass is 9.78. The van der Waals surface area contributed by atoms with Gasteiger partial charge >= 0.3 is 0 Å². The van der Waals surface area contributed by atoms with Crippen LogP contribution in [0, 0.1) is 11.8 Å². The molecular weight excluding hydrogens is 459 g/mol. The molecule has 0 amide bonds. The molecule has 1 aliphatic carbocycles. The van der Waals surface area contributed by atoms with Gasteiger partial charge < -0.3 is 10.2 Å². The summed E-state index contributed by atoms with van der Waals surface area (Å²) >= 11 is 0. The summed E-state index contributed by atoms with van der Waals surface area (Å²) in [4.78, 5) is 0. The van der Waals surface area contributed by atoms with Crippen molar-refractivity contribution in [2.45, 2.75) is 51.7 Å². The lowest BCUT2D eigenvalue weighted by Gasteiger charge is -2.33. The molecule has 3 aromatic carbocycles. The molecule has 0 radical (unpaired) electrons. The number of allylic oxidation sites excluding steroid dienone is 3. The summed E-state index contributed by atoms with van der Waals surface area (Å²) in [6.45, 7) is 7.78. The van der Waals surface area contributed by atoms with Gasteiger partial charge in [-0.15, -0.1) is 0 Å². The Balaban J connectivity index is 1.74. The molecule has 36 heavy (non-hydrogen) atoms. The van der Waals surface area contributed by atoms with Crippen molar-refractivity contribution >= 4 is 23.2 Å². The highest BCUT2D eigenvalue weighted by Gasteiger charge is 2.48. The standard InChI is InChI=1S/C33H40O2P/c1-26(20-21-31-30(32(2,3)34)22-24-33(31,4)35)23-25-36(27-14-8-5-9-15-27,28-16-10-6-11-17-28)29-18-12-7-13-19-29/h5-21,23,30-31,34-35H,22,24-25H2,1-4H3/q+1/b21-20+,26-23+/t30-,31+,33-/m1/s1. The lowest BCUT2D eigenvalue weighted by Crippen LogP contribution is -2.39. The van der Waals surface area contributed by atoms with Gasteiger partial charge in [0.2, 0.25) is 0 Å². The minimum Gasteiger partial charge on any atom is -0.390 e. The Morgan fingerprint density at radius 1 is 0.889 bits per heavy atom. The topological polar surface area (TPSA) is 40.5 Å². The van der Waals surface area contributed by atoms with Crippen LogP contribution in [0.5, 0.6) is 0 Å². The van der Waals surface area contributed by atoms with Crippen LogP contribution in [0.4, 0.5) is 0 Å². The summed E-state index contributed by atoms with van der Waals surface area (Å²) in [5, 5.41) is 25.9. The van der Waals surface area contributed by atoms with E-state index in [0.717, 1.165) is 12.6 Å².